The van der Waals surface area contributed by atoms with Crippen molar-refractivity contribution in [1.82, 2.24) is 0 Å². The molecule has 0 aliphatic heterocycles. The number of hydrogen-bond acceptors (Lipinski definition) is 6. The maximum absolute atomic E-state index is 11.3. The van der Waals surface area contributed by atoms with Gasteiger partial charge in [0.05, 0.1) is 19.1 Å². The van der Waals surface area contributed by atoms with Gasteiger partial charge in [0.25, 0.3) is 5.69 Å². The molecule has 0 atom stereocenters. The molecule has 0 spiro atoms. The van der Waals surface area contributed by atoms with Gasteiger partial charge in [0.1, 0.15) is 11.5 Å². The van der Waals surface area contributed by atoms with Gasteiger partial charge in [-0.05, 0) is 23.8 Å². The Hall–Kier alpha value is -3.09. The Morgan fingerprint density at radius 1 is 1.14 bits per heavy atom. The van der Waals surface area contributed by atoms with Gasteiger partial charge in [0.2, 0.25) is 0 Å². The number of non-ortho nitro benzene ring substituents is 1. The predicted octanol–water partition coefficient (Wildman–Crippen LogP) is 3.42. The SMILES string of the molecule is COC(=O)Oc1ccc([N+](=O)[O-])cc1-c1cccc(OC)c1. The van der Waals surface area contributed by atoms with Crippen molar-refractivity contribution in [3.8, 4) is 22.6 Å². The third kappa shape index (κ3) is 3.32. The average molecular weight is 303 g/mol. The number of rotatable bonds is 4. The van der Waals surface area contributed by atoms with E-state index in [1.54, 1.807) is 24.3 Å². The fourth-order valence-corrected chi connectivity index (χ4v) is 1.87. The topological polar surface area (TPSA) is 87.9 Å². The third-order valence-corrected chi connectivity index (χ3v) is 2.91. The van der Waals surface area contributed by atoms with Crippen molar-refractivity contribution in [3.63, 3.8) is 0 Å². The first-order valence-electron chi connectivity index (χ1n) is 6.24. The molecule has 2 rings (SSSR count). The summed E-state index contributed by atoms with van der Waals surface area (Å²) in [4.78, 5) is 21.7. The van der Waals surface area contributed by atoms with E-state index < -0.39 is 11.1 Å². The lowest BCUT2D eigenvalue weighted by Gasteiger charge is -2.10. The molecule has 0 N–H and O–H groups in total. The summed E-state index contributed by atoms with van der Waals surface area (Å²) in [5.74, 6) is 0.735. The van der Waals surface area contributed by atoms with Crippen LogP contribution in [0.15, 0.2) is 42.5 Å². The highest BCUT2D eigenvalue weighted by atomic mass is 16.7. The molecule has 0 saturated heterocycles. The van der Waals surface area contributed by atoms with Gasteiger partial charge in [-0.15, -0.1) is 0 Å². The molecule has 7 nitrogen and oxygen atoms in total. The molecule has 7 heteroatoms. The standard InChI is InChI=1S/C15H13NO6/c1-20-12-5-3-4-10(8-12)13-9-11(16(18)19)6-7-14(13)22-15(17)21-2/h3-9H,1-2H3. The van der Waals surface area contributed by atoms with E-state index in [2.05, 4.69) is 4.74 Å². The summed E-state index contributed by atoms with van der Waals surface area (Å²) in [6.07, 6.45) is -0.905. The van der Waals surface area contributed by atoms with Crippen LogP contribution in [0.5, 0.6) is 11.5 Å². The van der Waals surface area contributed by atoms with E-state index in [0.29, 0.717) is 16.9 Å². The first kappa shape index (κ1) is 15.3. The quantitative estimate of drug-likeness (QED) is 0.372. The van der Waals surface area contributed by atoms with Gasteiger partial charge in [-0.2, -0.15) is 0 Å². The number of hydrogen-bond donors (Lipinski definition) is 0. The highest BCUT2D eigenvalue weighted by Gasteiger charge is 2.16. The zero-order valence-electron chi connectivity index (χ0n) is 11.9. The first-order valence-corrected chi connectivity index (χ1v) is 6.24. The van der Waals surface area contributed by atoms with Gasteiger partial charge < -0.3 is 14.2 Å². The Morgan fingerprint density at radius 3 is 2.55 bits per heavy atom. The number of carbonyl (C=O) groups excluding carboxylic acids is 1. The van der Waals surface area contributed by atoms with Crippen LogP contribution in [0.1, 0.15) is 0 Å². The Kier molecular flexibility index (Phi) is 4.57. The molecule has 0 unspecified atom stereocenters. The van der Waals surface area contributed by atoms with Crippen LogP contribution in [0.3, 0.4) is 0 Å². The van der Waals surface area contributed by atoms with Crippen LogP contribution in [-0.2, 0) is 4.74 Å². The normalized spacial score (nSPS) is 9.91. The molecule has 2 aromatic rings. The Labute approximate surface area is 126 Å². The first-order chi connectivity index (χ1) is 10.5. The second-order valence-electron chi connectivity index (χ2n) is 4.23. The van der Waals surface area contributed by atoms with Gasteiger partial charge in [-0.1, -0.05) is 12.1 Å². The summed E-state index contributed by atoms with van der Waals surface area (Å²) in [5, 5.41) is 10.9. The van der Waals surface area contributed by atoms with E-state index in [0.717, 1.165) is 0 Å². The molecule has 0 aliphatic carbocycles. The Bertz CT molecular complexity index is 713. The molecule has 0 bridgehead atoms. The zero-order chi connectivity index (χ0) is 16.1. The van der Waals surface area contributed by atoms with E-state index in [-0.39, 0.29) is 11.4 Å². The van der Waals surface area contributed by atoms with E-state index >= 15 is 0 Å². The summed E-state index contributed by atoms with van der Waals surface area (Å²) in [6, 6.07) is 10.8. The molecule has 0 fully saturated rings. The van der Waals surface area contributed by atoms with Crippen LogP contribution in [0, 0.1) is 10.1 Å². The molecule has 2 aromatic carbocycles. The molecule has 0 amide bonds. The minimum Gasteiger partial charge on any atom is -0.497 e. The number of carbonyl (C=O) groups is 1. The summed E-state index contributed by atoms with van der Waals surface area (Å²) in [6.45, 7) is 0. The fraction of sp³-hybridized carbons (Fsp3) is 0.133. The molecule has 22 heavy (non-hydrogen) atoms. The monoisotopic (exact) mass is 303 g/mol. The van der Waals surface area contributed by atoms with Crippen molar-refractivity contribution in [2.75, 3.05) is 14.2 Å². The maximum atomic E-state index is 11.3. The van der Waals surface area contributed by atoms with Crippen LogP contribution in [0.2, 0.25) is 0 Å². The van der Waals surface area contributed by atoms with Crippen LogP contribution >= 0.6 is 0 Å². The summed E-state index contributed by atoms with van der Waals surface area (Å²) >= 11 is 0. The number of ether oxygens (including phenoxy) is 3. The lowest BCUT2D eigenvalue weighted by molar-refractivity contribution is -0.384. The van der Waals surface area contributed by atoms with Crippen molar-refractivity contribution in [2.24, 2.45) is 0 Å². The second-order valence-corrected chi connectivity index (χ2v) is 4.23. The van der Waals surface area contributed by atoms with Crippen LogP contribution < -0.4 is 9.47 Å². The van der Waals surface area contributed by atoms with E-state index in [4.69, 9.17) is 9.47 Å². The van der Waals surface area contributed by atoms with E-state index in [1.165, 1.54) is 32.4 Å². The number of methoxy groups -OCH3 is 2. The van der Waals surface area contributed by atoms with Gasteiger partial charge in [-0.25, -0.2) is 4.79 Å². The van der Waals surface area contributed by atoms with E-state index in [9.17, 15) is 14.9 Å². The second kappa shape index (κ2) is 6.57. The molecular formula is C15H13NO6. The zero-order valence-corrected chi connectivity index (χ0v) is 11.9. The molecule has 0 saturated carbocycles. The highest BCUT2D eigenvalue weighted by Crippen LogP contribution is 2.35. The van der Waals surface area contributed by atoms with Gasteiger partial charge in [0.15, 0.2) is 0 Å². The Balaban J connectivity index is 2.55. The largest absolute Gasteiger partial charge is 0.513 e. The molecule has 0 radical (unpaired) electrons. The van der Waals surface area contributed by atoms with Crippen molar-refractivity contribution < 1.29 is 23.9 Å². The minimum absolute atomic E-state index is 0.116. The number of nitro benzene ring substituents is 1. The highest BCUT2D eigenvalue weighted by molar-refractivity contribution is 5.77. The van der Waals surface area contributed by atoms with Crippen molar-refractivity contribution >= 4 is 11.8 Å². The van der Waals surface area contributed by atoms with Gasteiger partial charge >= 0.3 is 6.16 Å². The van der Waals surface area contributed by atoms with Crippen LogP contribution in [-0.4, -0.2) is 25.3 Å². The van der Waals surface area contributed by atoms with Gasteiger partial charge in [0, 0.05) is 17.7 Å². The number of nitro groups is 1. The molecule has 114 valence electrons. The number of nitrogens with zero attached hydrogens (tertiary/aromatic N) is 1. The fourth-order valence-electron chi connectivity index (χ4n) is 1.87. The summed E-state index contributed by atoms with van der Waals surface area (Å²) in [7, 11) is 2.69. The Morgan fingerprint density at radius 2 is 1.91 bits per heavy atom. The molecule has 0 aromatic heterocycles. The molecular weight excluding hydrogens is 290 g/mol. The summed E-state index contributed by atoms with van der Waals surface area (Å²) < 4.78 is 14.6. The van der Waals surface area contributed by atoms with Crippen LogP contribution in [0.25, 0.3) is 11.1 Å². The third-order valence-electron chi connectivity index (χ3n) is 2.91. The lowest BCUT2D eigenvalue weighted by Crippen LogP contribution is -2.08. The van der Waals surface area contributed by atoms with E-state index in [1.807, 2.05) is 0 Å². The summed E-state index contributed by atoms with van der Waals surface area (Å²) in [5.41, 5.74) is 0.885. The van der Waals surface area contributed by atoms with Gasteiger partial charge in [-0.3, -0.25) is 10.1 Å². The van der Waals surface area contributed by atoms with Crippen molar-refractivity contribution in [2.45, 2.75) is 0 Å². The lowest BCUT2D eigenvalue weighted by atomic mass is 10.0. The van der Waals surface area contributed by atoms with Crippen molar-refractivity contribution in [3.05, 3.63) is 52.6 Å². The molecule has 0 aliphatic rings. The van der Waals surface area contributed by atoms with Crippen LogP contribution in [0.4, 0.5) is 10.5 Å². The minimum atomic E-state index is -0.905. The maximum Gasteiger partial charge on any atom is 0.513 e. The molecule has 0 heterocycles. The smallest absolute Gasteiger partial charge is 0.497 e. The average Bonchev–Trinajstić information content (AvgIpc) is 2.54. The number of benzene rings is 2. The van der Waals surface area contributed by atoms with Crippen molar-refractivity contribution in [1.29, 1.82) is 0 Å². The predicted molar refractivity (Wildman–Crippen MR) is 78.1 cm³/mol.